The Morgan fingerprint density at radius 2 is 1.97 bits per heavy atom. The summed E-state index contributed by atoms with van der Waals surface area (Å²) in [5.74, 6) is -0.132. The molecule has 0 bridgehead atoms. The van der Waals surface area contributed by atoms with Crippen molar-refractivity contribution in [3.05, 3.63) is 78.1 Å². The number of carbonyl (C=O) groups excluding carboxylic acids is 1. The second-order valence-electron chi connectivity index (χ2n) is 6.49. The van der Waals surface area contributed by atoms with Crippen LogP contribution in [0, 0.1) is 0 Å². The Hall–Kier alpha value is -3.75. The number of alkyl halides is 3. The molecule has 2 N–H and O–H groups in total. The van der Waals surface area contributed by atoms with Crippen molar-refractivity contribution in [3.8, 4) is 5.75 Å². The monoisotopic (exact) mass is 415 g/mol. The van der Waals surface area contributed by atoms with Gasteiger partial charge in [0.15, 0.2) is 0 Å². The minimum Gasteiger partial charge on any atom is -0.493 e. The third-order valence-electron chi connectivity index (χ3n) is 4.46. The number of benzene rings is 2. The molecular weight excluding hydrogens is 399 g/mol. The molecule has 4 aromatic rings. The molecular formula is C21H16F3N3O3. The van der Waals surface area contributed by atoms with Gasteiger partial charge in [0.25, 0.3) is 5.89 Å². The third-order valence-corrected chi connectivity index (χ3v) is 4.46. The second kappa shape index (κ2) is 7.94. The van der Waals surface area contributed by atoms with E-state index in [0.29, 0.717) is 24.5 Å². The Bertz CT molecular complexity index is 1150. The van der Waals surface area contributed by atoms with Gasteiger partial charge in [-0.25, -0.2) is 4.98 Å². The number of halogens is 3. The SMILES string of the molecule is O=C(Nc1c[nH]c2ccc(CCOc3ccc(C(F)(F)F)cc3)cc12)c1ncco1. The third kappa shape index (κ3) is 4.29. The number of amides is 1. The number of carbonyl (C=O) groups is 1. The van der Waals surface area contributed by atoms with Crippen LogP contribution in [0.15, 0.2) is 65.5 Å². The van der Waals surface area contributed by atoms with Gasteiger partial charge in [0.05, 0.1) is 24.1 Å². The molecule has 30 heavy (non-hydrogen) atoms. The molecule has 0 saturated carbocycles. The number of H-pyrrole nitrogens is 1. The first-order chi connectivity index (χ1) is 14.4. The lowest BCUT2D eigenvalue weighted by atomic mass is 10.1. The van der Waals surface area contributed by atoms with Crippen LogP contribution in [0.3, 0.4) is 0 Å². The van der Waals surface area contributed by atoms with Crippen molar-refractivity contribution in [2.75, 3.05) is 11.9 Å². The molecule has 0 unspecified atom stereocenters. The van der Waals surface area contributed by atoms with E-state index in [1.54, 1.807) is 6.20 Å². The summed E-state index contributed by atoms with van der Waals surface area (Å²) in [6.07, 6.45) is 0.547. The van der Waals surface area contributed by atoms with Gasteiger partial charge < -0.3 is 19.5 Å². The molecule has 4 rings (SSSR count). The molecule has 0 fully saturated rings. The molecule has 9 heteroatoms. The summed E-state index contributed by atoms with van der Waals surface area (Å²) < 4.78 is 48.4. The average Bonchev–Trinajstić information content (AvgIpc) is 3.38. The van der Waals surface area contributed by atoms with E-state index in [2.05, 4.69) is 15.3 Å². The van der Waals surface area contributed by atoms with E-state index in [1.165, 1.54) is 24.6 Å². The Labute approximate surface area is 168 Å². The van der Waals surface area contributed by atoms with Gasteiger partial charge >= 0.3 is 12.1 Å². The van der Waals surface area contributed by atoms with Crippen LogP contribution >= 0.6 is 0 Å². The molecule has 1 amide bonds. The molecule has 0 radical (unpaired) electrons. The highest BCUT2D eigenvalue weighted by Crippen LogP contribution is 2.30. The number of hydrogen-bond acceptors (Lipinski definition) is 4. The fraction of sp³-hybridized carbons (Fsp3) is 0.143. The summed E-state index contributed by atoms with van der Waals surface area (Å²) in [6, 6.07) is 10.3. The molecule has 0 saturated heterocycles. The Kier molecular flexibility index (Phi) is 5.18. The largest absolute Gasteiger partial charge is 0.493 e. The van der Waals surface area contributed by atoms with E-state index < -0.39 is 17.6 Å². The van der Waals surface area contributed by atoms with E-state index >= 15 is 0 Å². The summed E-state index contributed by atoms with van der Waals surface area (Å²) in [6.45, 7) is 0.291. The van der Waals surface area contributed by atoms with E-state index in [0.717, 1.165) is 28.6 Å². The van der Waals surface area contributed by atoms with Gasteiger partial charge in [0.1, 0.15) is 12.0 Å². The van der Waals surface area contributed by atoms with Gasteiger partial charge in [-0.1, -0.05) is 6.07 Å². The molecule has 2 aromatic heterocycles. The van der Waals surface area contributed by atoms with Gasteiger partial charge in [0, 0.05) is 23.5 Å². The summed E-state index contributed by atoms with van der Waals surface area (Å²) in [5, 5.41) is 3.55. The summed E-state index contributed by atoms with van der Waals surface area (Å²) in [5.41, 5.74) is 1.65. The van der Waals surface area contributed by atoms with Crippen LogP contribution < -0.4 is 10.1 Å². The van der Waals surface area contributed by atoms with Crippen molar-refractivity contribution < 1.29 is 27.1 Å². The van der Waals surface area contributed by atoms with E-state index in [-0.39, 0.29) is 5.89 Å². The predicted octanol–water partition coefficient (Wildman–Crippen LogP) is 5.05. The maximum Gasteiger partial charge on any atom is 0.416 e. The number of nitrogens with zero attached hydrogens (tertiary/aromatic N) is 1. The van der Waals surface area contributed by atoms with Crippen molar-refractivity contribution in [2.45, 2.75) is 12.6 Å². The standard InChI is InChI=1S/C21H16F3N3O3/c22-21(23,24)14-2-4-15(5-3-14)29-9-7-13-1-6-17-16(11-13)18(12-26-17)27-19(28)20-25-8-10-30-20/h1-6,8,10-12,26H,7,9H2,(H,27,28). The fourth-order valence-electron chi connectivity index (χ4n) is 2.96. The maximum atomic E-state index is 12.6. The number of anilines is 1. The summed E-state index contributed by atoms with van der Waals surface area (Å²) in [4.78, 5) is 19.0. The zero-order valence-electron chi connectivity index (χ0n) is 15.5. The highest BCUT2D eigenvalue weighted by atomic mass is 19.4. The van der Waals surface area contributed by atoms with Crippen LogP contribution in [-0.4, -0.2) is 22.5 Å². The van der Waals surface area contributed by atoms with Crippen LogP contribution in [0.25, 0.3) is 10.9 Å². The zero-order chi connectivity index (χ0) is 21.1. The first-order valence-corrected chi connectivity index (χ1v) is 9.01. The lowest BCUT2D eigenvalue weighted by Gasteiger charge is -2.09. The molecule has 0 spiro atoms. The number of aromatic nitrogens is 2. The quantitative estimate of drug-likeness (QED) is 0.462. The smallest absolute Gasteiger partial charge is 0.416 e. The zero-order valence-corrected chi connectivity index (χ0v) is 15.5. The lowest BCUT2D eigenvalue weighted by Crippen LogP contribution is -2.11. The van der Waals surface area contributed by atoms with Gasteiger partial charge in [-0.3, -0.25) is 4.79 Å². The summed E-state index contributed by atoms with van der Waals surface area (Å²) >= 11 is 0. The Morgan fingerprint density at radius 1 is 1.17 bits per heavy atom. The number of rotatable bonds is 6. The molecule has 0 aliphatic heterocycles. The van der Waals surface area contributed by atoms with Crippen LogP contribution in [0.1, 0.15) is 21.8 Å². The molecule has 0 atom stereocenters. The van der Waals surface area contributed by atoms with Crippen LogP contribution in [0.4, 0.5) is 18.9 Å². The maximum absolute atomic E-state index is 12.6. The van der Waals surface area contributed by atoms with Crippen molar-refractivity contribution >= 4 is 22.5 Å². The first kappa shape index (κ1) is 19.6. The number of nitrogens with one attached hydrogen (secondary N) is 2. The number of fused-ring (bicyclic) bond motifs is 1. The van der Waals surface area contributed by atoms with Crippen LogP contribution in [0.5, 0.6) is 5.75 Å². The van der Waals surface area contributed by atoms with Gasteiger partial charge in [0.2, 0.25) is 0 Å². The van der Waals surface area contributed by atoms with Crippen molar-refractivity contribution in [2.24, 2.45) is 0 Å². The van der Waals surface area contributed by atoms with E-state index in [4.69, 9.17) is 9.15 Å². The van der Waals surface area contributed by atoms with E-state index in [1.807, 2.05) is 18.2 Å². The lowest BCUT2D eigenvalue weighted by molar-refractivity contribution is -0.137. The van der Waals surface area contributed by atoms with Gasteiger partial charge in [-0.15, -0.1) is 0 Å². The van der Waals surface area contributed by atoms with Crippen LogP contribution in [-0.2, 0) is 12.6 Å². The number of ether oxygens (including phenoxy) is 1. The highest BCUT2D eigenvalue weighted by Gasteiger charge is 2.30. The van der Waals surface area contributed by atoms with Crippen LogP contribution in [0.2, 0.25) is 0 Å². The molecule has 0 aliphatic rings. The Morgan fingerprint density at radius 3 is 2.67 bits per heavy atom. The summed E-state index contributed by atoms with van der Waals surface area (Å²) in [7, 11) is 0. The molecule has 154 valence electrons. The molecule has 2 heterocycles. The number of hydrogen-bond donors (Lipinski definition) is 2. The highest BCUT2D eigenvalue weighted by molar-refractivity contribution is 6.06. The number of oxazole rings is 1. The minimum atomic E-state index is -4.37. The Balaban J connectivity index is 1.40. The predicted molar refractivity (Wildman–Crippen MR) is 103 cm³/mol. The minimum absolute atomic E-state index is 0.0366. The average molecular weight is 415 g/mol. The van der Waals surface area contributed by atoms with Gasteiger partial charge in [-0.05, 0) is 42.0 Å². The molecule has 6 nitrogen and oxygen atoms in total. The fourth-order valence-corrected chi connectivity index (χ4v) is 2.96. The van der Waals surface area contributed by atoms with E-state index in [9.17, 15) is 18.0 Å². The number of aromatic amines is 1. The molecule has 2 aromatic carbocycles. The van der Waals surface area contributed by atoms with Crippen molar-refractivity contribution in [1.29, 1.82) is 0 Å². The second-order valence-corrected chi connectivity index (χ2v) is 6.49. The topological polar surface area (TPSA) is 80.2 Å². The normalized spacial score (nSPS) is 11.6. The van der Waals surface area contributed by atoms with Crippen molar-refractivity contribution in [3.63, 3.8) is 0 Å². The molecule has 0 aliphatic carbocycles. The first-order valence-electron chi connectivity index (χ1n) is 9.01. The van der Waals surface area contributed by atoms with Crippen molar-refractivity contribution in [1.82, 2.24) is 9.97 Å². The van der Waals surface area contributed by atoms with Gasteiger partial charge in [-0.2, -0.15) is 13.2 Å².